The molecule has 3 heterocycles. The van der Waals surface area contributed by atoms with Gasteiger partial charge in [-0.15, -0.1) is 0 Å². The van der Waals surface area contributed by atoms with Crippen LogP contribution in [0.4, 0.5) is 0 Å². The number of sulfonamides is 2. The molecule has 0 spiro atoms. The van der Waals surface area contributed by atoms with Crippen molar-refractivity contribution in [3.8, 4) is 0 Å². The summed E-state index contributed by atoms with van der Waals surface area (Å²) in [7, 11) is -4.07. The van der Waals surface area contributed by atoms with Gasteiger partial charge in [0.2, 0.25) is 0 Å². The molecule has 0 bridgehead atoms. The summed E-state index contributed by atoms with van der Waals surface area (Å²) < 4.78 is 57.3. The number of aryl methyl sites for hydroxylation is 4. The van der Waals surface area contributed by atoms with Crippen molar-refractivity contribution in [1.82, 2.24) is 27.7 Å². The second-order valence-corrected chi connectivity index (χ2v) is 10.4. The van der Waals surface area contributed by atoms with Crippen LogP contribution in [0, 0.1) is 13.8 Å². The Kier molecular flexibility index (Phi) is 5.18. The molecule has 150 valence electrons. The highest BCUT2D eigenvalue weighted by atomic mass is 32.2. The van der Waals surface area contributed by atoms with E-state index < -0.39 is 20.0 Å². The monoisotopic (exact) mass is 416 g/mol. The molecule has 0 aliphatic carbocycles. The van der Waals surface area contributed by atoms with E-state index in [0.29, 0.717) is 18.1 Å². The minimum Gasteiger partial charge on any atom is -0.337 e. The Labute approximate surface area is 159 Å². The van der Waals surface area contributed by atoms with Crippen molar-refractivity contribution in [3.63, 3.8) is 0 Å². The van der Waals surface area contributed by atoms with Gasteiger partial charge in [0, 0.05) is 52.7 Å². The first-order chi connectivity index (χ1) is 12.5. The van der Waals surface area contributed by atoms with Crippen molar-refractivity contribution in [1.29, 1.82) is 0 Å². The van der Waals surface area contributed by atoms with Crippen LogP contribution in [0.5, 0.6) is 0 Å². The molecule has 1 aliphatic heterocycles. The van der Waals surface area contributed by atoms with Crippen molar-refractivity contribution in [2.75, 3.05) is 26.2 Å². The van der Waals surface area contributed by atoms with Gasteiger partial charge >= 0.3 is 0 Å². The van der Waals surface area contributed by atoms with E-state index in [1.54, 1.807) is 37.1 Å². The highest BCUT2D eigenvalue weighted by molar-refractivity contribution is 7.89. The molecule has 0 radical (unpaired) electrons. The van der Waals surface area contributed by atoms with Gasteiger partial charge in [0.15, 0.2) is 10.1 Å². The molecule has 0 amide bonds. The zero-order valence-electron chi connectivity index (χ0n) is 15.8. The highest BCUT2D eigenvalue weighted by Gasteiger charge is 2.34. The lowest BCUT2D eigenvalue weighted by Crippen LogP contribution is -2.37. The summed E-state index contributed by atoms with van der Waals surface area (Å²) in [6.45, 7) is 4.08. The number of aromatic nitrogens is 4. The van der Waals surface area contributed by atoms with Crippen molar-refractivity contribution in [2.24, 2.45) is 14.1 Å². The molecule has 1 fully saturated rings. The zero-order chi connectivity index (χ0) is 20.0. The van der Waals surface area contributed by atoms with Crippen LogP contribution in [0.2, 0.25) is 0 Å². The van der Waals surface area contributed by atoms with Gasteiger partial charge in [-0.3, -0.25) is 0 Å². The van der Waals surface area contributed by atoms with Crippen LogP contribution in [0.1, 0.15) is 18.1 Å². The molecule has 12 heteroatoms. The summed E-state index contributed by atoms with van der Waals surface area (Å²) in [6.07, 6.45) is 3.34. The maximum atomic E-state index is 12.8. The lowest BCUT2D eigenvalue weighted by molar-refractivity contribution is 0.402. The van der Waals surface area contributed by atoms with Gasteiger partial charge in [-0.25, -0.2) is 26.8 Å². The Hall–Kier alpha value is -1.76. The lowest BCUT2D eigenvalue weighted by atomic mass is 10.4. The van der Waals surface area contributed by atoms with Gasteiger partial charge in [-0.1, -0.05) is 0 Å². The summed E-state index contributed by atoms with van der Waals surface area (Å²) >= 11 is 0. The maximum absolute atomic E-state index is 12.8. The van der Waals surface area contributed by atoms with Crippen LogP contribution in [-0.2, 0) is 34.1 Å². The van der Waals surface area contributed by atoms with Gasteiger partial charge in [0.1, 0.15) is 11.6 Å². The largest absolute Gasteiger partial charge is 0.337 e. The highest BCUT2D eigenvalue weighted by Crippen LogP contribution is 2.21. The van der Waals surface area contributed by atoms with Crippen molar-refractivity contribution >= 4 is 20.0 Å². The summed E-state index contributed by atoms with van der Waals surface area (Å²) in [5.74, 6) is 1.19. The maximum Gasteiger partial charge on any atom is 0.262 e. The zero-order valence-corrected chi connectivity index (χ0v) is 17.5. The molecule has 2 aromatic heterocycles. The number of nitrogens with zero attached hydrogens (tertiary/aromatic N) is 6. The summed E-state index contributed by atoms with van der Waals surface area (Å²) in [4.78, 5) is 8.21. The molecule has 0 saturated carbocycles. The van der Waals surface area contributed by atoms with Crippen LogP contribution in [0.3, 0.4) is 0 Å². The Bertz CT molecular complexity index is 931. The smallest absolute Gasteiger partial charge is 0.262 e. The molecule has 1 aliphatic rings. The third-order valence-electron chi connectivity index (χ3n) is 4.80. The molecule has 0 aromatic carbocycles. The van der Waals surface area contributed by atoms with E-state index in [1.165, 1.54) is 21.0 Å². The van der Waals surface area contributed by atoms with Crippen molar-refractivity contribution in [2.45, 2.75) is 30.3 Å². The predicted molar refractivity (Wildman–Crippen MR) is 98.0 cm³/mol. The van der Waals surface area contributed by atoms with Crippen molar-refractivity contribution < 1.29 is 16.8 Å². The van der Waals surface area contributed by atoms with Crippen LogP contribution in [0.25, 0.3) is 0 Å². The van der Waals surface area contributed by atoms with E-state index in [-0.39, 0.29) is 36.2 Å². The topological polar surface area (TPSA) is 110 Å². The number of hydrogen-bond acceptors (Lipinski definition) is 6. The van der Waals surface area contributed by atoms with Crippen LogP contribution in [0.15, 0.2) is 22.4 Å². The number of imidazole rings is 2. The van der Waals surface area contributed by atoms with E-state index in [2.05, 4.69) is 9.97 Å². The van der Waals surface area contributed by atoms with Gasteiger partial charge in [-0.2, -0.15) is 8.61 Å². The van der Waals surface area contributed by atoms with Gasteiger partial charge < -0.3 is 9.13 Å². The molecule has 0 unspecified atom stereocenters. The van der Waals surface area contributed by atoms with E-state index in [4.69, 9.17) is 0 Å². The van der Waals surface area contributed by atoms with Crippen LogP contribution < -0.4 is 0 Å². The Morgan fingerprint density at radius 2 is 1.11 bits per heavy atom. The van der Waals surface area contributed by atoms with Gasteiger partial charge in [-0.05, 0) is 20.3 Å². The molecule has 1 saturated heterocycles. The Morgan fingerprint density at radius 1 is 0.741 bits per heavy atom. The molecular formula is C15H24N6O4S2. The van der Waals surface area contributed by atoms with E-state index in [0.717, 1.165) is 0 Å². The second kappa shape index (κ2) is 7.00. The van der Waals surface area contributed by atoms with E-state index in [1.807, 2.05) is 0 Å². The van der Waals surface area contributed by atoms with Gasteiger partial charge in [0.05, 0.1) is 0 Å². The van der Waals surface area contributed by atoms with Gasteiger partial charge in [0.25, 0.3) is 20.0 Å². The predicted octanol–water partition coefficient (Wildman–Crippen LogP) is -0.144. The Morgan fingerprint density at radius 3 is 1.41 bits per heavy atom. The third-order valence-corrected chi connectivity index (χ3v) is 8.34. The number of hydrogen-bond donors (Lipinski definition) is 0. The second-order valence-electron chi connectivity index (χ2n) is 6.64. The van der Waals surface area contributed by atoms with E-state index >= 15 is 0 Å². The fourth-order valence-corrected chi connectivity index (χ4v) is 5.91. The first-order valence-electron chi connectivity index (χ1n) is 8.53. The minimum absolute atomic E-state index is 0.0147. The third kappa shape index (κ3) is 3.66. The molecule has 10 nitrogen and oxygen atoms in total. The molecule has 0 N–H and O–H groups in total. The summed E-state index contributed by atoms with van der Waals surface area (Å²) in [5, 5.41) is -0.0293. The lowest BCUT2D eigenvalue weighted by Gasteiger charge is -2.20. The first kappa shape index (κ1) is 20.0. The summed E-state index contributed by atoms with van der Waals surface area (Å²) in [6, 6.07) is 0. The molecule has 0 atom stereocenters. The van der Waals surface area contributed by atoms with Crippen LogP contribution >= 0.6 is 0 Å². The standard InChI is InChI=1S/C15H24N6O4S2/c1-12-16-14(10-18(12)3)26(22,23)20-6-5-7-21(9-8-20)27(24,25)15-11-19(4)13(2)17-15/h10-11H,5-9H2,1-4H3. The SMILES string of the molecule is Cc1nc(S(=O)(=O)N2CCCN(S(=O)(=O)c3cn(C)c(C)n3)CC2)cn1C. The fraction of sp³-hybridized carbons (Fsp3) is 0.600. The quantitative estimate of drug-likeness (QED) is 0.686. The average Bonchev–Trinajstić information content (AvgIpc) is 3.00. The first-order valence-corrected chi connectivity index (χ1v) is 11.4. The minimum atomic E-state index is -3.76. The molecular weight excluding hydrogens is 392 g/mol. The van der Waals surface area contributed by atoms with Crippen LogP contribution in [-0.4, -0.2) is 70.7 Å². The Balaban J connectivity index is 1.81. The molecule has 27 heavy (non-hydrogen) atoms. The molecule has 2 aromatic rings. The number of rotatable bonds is 4. The summed E-state index contributed by atoms with van der Waals surface area (Å²) in [5.41, 5.74) is 0. The fourth-order valence-electron chi connectivity index (χ4n) is 2.92. The average molecular weight is 417 g/mol. The van der Waals surface area contributed by atoms with Crippen molar-refractivity contribution in [3.05, 3.63) is 24.0 Å². The normalized spacial score (nSPS) is 17.9. The molecule has 3 rings (SSSR count). The van der Waals surface area contributed by atoms with E-state index in [9.17, 15) is 16.8 Å².